The quantitative estimate of drug-likeness (QED) is 0.856. The van der Waals surface area contributed by atoms with Crippen LogP contribution in [0.5, 0.6) is 0 Å². The van der Waals surface area contributed by atoms with Gasteiger partial charge in [0, 0.05) is 65.0 Å². The van der Waals surface area contributed by atoms with Crippen LogP contribution >= 0.6 is 11.5 Å². The van der Waals surface area contributed by atoms with E-state index < -0.39 is 0 Å². The van der Waals surface area contributed by atoms with Gasteiger partial charge in [-0.2, -0.15) is 5.10 Å². The van der Waals surface area contributed by atoms with Gasteiger partial charge in [-0.25, -0.2) is 4.37 Å². The van der Waals surface area contributed by atoms with Crippen molar-refractivity contribution in [2.24, 2.45) is 5.10 Å². The van der Waals surface area contributed by atoms with Crippen molar-refractivity contribution in [2.75, 3.05) is 19.6 Å². The van der Waals surface area contributed by atoms with Crippen LogP contribution in [0.25, 0.3) is 5.57 Å². The van der Waals surface area contributed by atoms with Gasteiger partial charge in [0.15, 0.2) is 0 Å². The Hall–Kier alpha value is -1.92. The van der Waals surface area contributed by atoms with E-state index in [9.17, 15) is 0 Å². The van der Waals surface area contributed by atoms with Crippen LogP contribution in [0, 0.1) is 0 Å². The third kappa shape index (κ3) is 3.41. The van der Waals surface area contributed by atoms with Crippen LogP contribution in [0.15, 0.2) is 46.8 Å². The molecule has 0 aromatic carbocycles. The Bertz CT molecular complexity index is 705. The molecule has 3 aliphatic heterocycles. The molecular formula is C19H25N5S. The number of piperidine rings is 2. The van der Waals surface area contributed by atoms with Crippen molar-refractivity contribution in [3.8, 4) is 0 Å². The highest BCUT2D eigenvalue weighted by molar-refractivity contribution is 7.03. The molecule has 2 saturated heterocycles. The highest BCUT2D eigenvalue weighted by Gasteiger charge is 2.37. The minimum Gasteiger partial charge on any atom is -0.369 e. The van der Waals surface area contributed by atoms with Crippen LogP contribution in [-0.2, 0) is 0 Å². The second-order valence-corrected chi connectivity index (χ2v) is 7.76. The minimum absolute atomic E-state index is 0.267. The molecule has 1 atom stereocenters. The number of rotatable bonds is 2. The first-order valence-electron chi connectivity index (χ1n) is 9.06. The van der Waals surface area contributed by atoms with Gasteiger partial charge in [0.25, 0.3) is 0 Å². The molecule has 2 N–H and O–H groups in total. The molecule has 1 spiro atoms. The largest absolute Gasteiger partial charge is 0.369 e. The summed E-state index contributed by atoms with van der Waals surface area (Å²) in [4.78, 5) is 2.50. The Labute approximate surface area is 153 Å². The molecule has 1 unspecified atom stereocenters. The lowest BCUT2D eigenvalue weighted by Gasteiger charge is -2.47. The van der Waals surface area contributed by atoms with E-state index in [1.165, 1.54) is 49.3 Å². The van der Waals surface area contributed by atoms with Crippen LogP contribution < -0.4 is 10.7 Å². The van der Waals surface area contributed by atoms with Crippen molar-refractivity contribution >= 4 is 23.3 Å². The summed E-state index contributed by atoms with van der Waals surface area (Å²) in [6.45, 7) is 7.69. The van der Waals surface area contributed by atoms with Gasteiger partial charge in [0.1, 0.15) is 0 Å². The Morgan fingerprint density at radius 2 is 2.16 bits per heavy atom. The fourth-order valence-corrected chi connectivity index (χ4v) is 4.72. The van der Waals surface area contributed by atoms with E-state index in [1.807, 2.05) is 18.6 Å². The molecule has 0 radical (unpaired) electrons. The van der Waals surface area contributed by atoms with Gasteiger partial charge in [-0.05, 0) is 49.8 Å². The molecule has 25 heavy (non-hydrogen) atoms. The van der Waals surface area contributed by atoms with Crippen LogP contribution in [0.4, 0.5) is 0 Å². The van der Waals surface area contributed by atoms with Gasteiger partial charge in [0.2, 0.25) is 0 Å². The third-order valence-corrected chi connectivity index (χ3v) is 6.05. The van der Waals surface area contributed by atoms with E-state index in [-0.39, 0.29) is 5.54 Å². The summed E-state index contributed by atoms with van der Waals surface area (Å²) in [6.07, 6.45) is 14.1. The van der Waals surface area contributed by atoms with Gasteiger partial charge < -0.3 is 10.2 Å². The summed E-state index contributed by atoms with van der Waals surface area (Å²) in [5.74, 6) is 0. The molecular weight excluding hydrogens is 330 g/mol. The number of hydrogen-bond donors (Lipinski definition) is 2. The number of hydrogen-bond acceptors (Lipinski definition) is 6. The molecule has 0 saturated carbocycles. The number of likely N-dealkylation sites (tertiary alicyclic amines) is 1. The highest BCUT2D eigenvalue weighted by atomic mass is 32.1. The number of allylic oxidation sites excluding steroid dienone is 2. The maximum atomic E-state index is 4.42. The molecule has 3 aliphatic rings. The summed E-state index contributed by atoms with van der Waals surface area (Å²) in [6, 6.07) is 0. The number of nitrogens with one attached hydrogen (secondary N) is 2. The molecule has 1 aromatic rings. The van der Waals surface area contributed by atoms with Crippen LogP contribution in [0.2, 0.25) is 0 Å². The van der Waals surface area contributed by atoms with Crippen LogP contribution in [0.3, 0.4) is 0 Å². The lowest BCUT2D eigenvalue weighted by Crippen LogP contribution is -2.58. The van der Waals surface area contributed by atoms with Gasteiger partial charge >= 0.3 is 0 Å². The highest BCUT2D eigenvalue weighted by Crippen LogP contribution is 2.35. The average Bonchev–Trinajstić information content (AvgIpc) is 3.14. The van der Waals surface area contributed by atoms with E-state index in [1.54, 1.807) is 0 Å². The molecule has 0 amide bonds. The van der Waals surface area contributed by atoms with Crippen molar-refractivity contribution in [1.29, 1.82) is 0 Å². The first kappa shape index (κ1) is 16.5. The van der Waals surface area contributed by atoms with Crippen LogP contribution in [0.1, 0.15) is 37.7 Å². The average molecular weight is 356 g/mol. The number of aromatic nitrogens is 1. The number of hydrazone groups is 1. The standard InChI is InChI=1S/C19H25N5S/c1-15-17(16-11-23-25-13-16)12-22-21-9-5-18(15)24-10-4-7-19(14-24)6-2-3-8-20-19/h5,9,11-13,20,22H,1-4,6-8,10,14H2/b17-12+,18-5?,21-9-. The summed E-state index contributed by atoms with van der Waals surface area (Å²) in [5, 5.41) is 10.1. The zero-order valence-electron chi connectivity index (χ0n) is 14.5. The molecule has 2 fully saturated rings. The van der Waals surface area contributed by atoms with Crippen LogP contribution in [-0.4, -0.2) is 40.7 Å². The monoisotopic (exact) mass is 355 g/mol. The first-order valence-corrected chi connectivity index (χ1v) is 9.90. The molecule has 132 valence electrons. The van der Waals surface area contributed by atoms with Gasteiger partial charge in [0.05, 0.1) is 0 Å². The van der Waals surface area contributed by atoms with Crippen molar-refractivity contribution in [3.63, 3.8) is 0 Å². The Balaban J connectivity index is 1.61. The Morgan fingerprint density at radius 1 is 1.24 bits per heavy atom. The van der Waals surface area contributed by atoms with Crippen molar-refractivity contribution < 1.29 is 0 Å². The first-order chi connectivity index (χ1) is 12.3. The molecule has 0 bridgehead atoms. The summed E-state index contributed by atoms with van der Waals surface area (Å²) < 4.78 is 4.24. The van der Waals surface area contributed by atoms with Gasteiger partial charge in [-0.1, -0.05) is 13.0 Å². The maximum absolute atomic E-state index is 4.42. The second kappa shape index (κ2) is 7.14. The molecule has 5 nitrogen and oxygen atoms in total. The van der Waals surface area contributed by atoms with E-state index in [0.29, 0.717) is 0 Å². The predicted octanol–water partition coefficient (Wildman–Crippen LogP) is 3.12. The summed E-state index contributed by atoms with van der Waals surface area (Å²) >= 11 is 1.46. The Kier molecular flexibility index (Phi) is 4.72. The topological polar surface area (TPSA) is 52.5 Å². The summed E-state index contributed by atoms with van der Waals surface area (Å²) in [7, 11) is 0. The molecule has 0 aliphatic carbocycles. The van der Waals surface area contributed by atoms with Gasteiger partial charge in [-0.3, -0.25) is 5.43 Å². The molecule has 6 heteroatoms. The van der Waals surface area contributed by atoms with Crippen molar-refractivity contribution in [2.45, 2.75) is 37.6 Å². The molecule has 4 heterocycles. The lowest BCUT2D eigenvalue weighted by molar-refractivity contribution is 0.125. The predicted molar refractivity (Wildman–Crippen MR) is 104 cm³/mol. The Morgan fingerprint density at radius 3 is 2.96 bits per heavy atom. The van der Waals surface area contributed by atoms with E-state index in [4.69, 9.17) is 0 Å². The minimum atomic E-state index is 0.267. The summed E-state index contributed by atoms with van der Waals surface area (Å²) in [5.41, 5.74) is 7.61. The zero-order valence-corrected chi connectivity index (χ0v) is 15.3. The number of nitrogens with zero attached hydrogens (tertiary/aromatic N) is 3. The smallest absolute Gasteiger partial charge is 0.0492 e. The van der Waals surface area contributed by atoms with E-state index in [2.05, 4.69) is 43.2 Å². The SMILES string of the molecule is C=C1C(N2CCCC3(CCCCN3)C2)=C/C=N\N/C=C\1c1cnsc1. The zero-order chi connectivity index (χ0) is 17.1. The maximum Gasteiger partial charge on any atom is 0.0492 e. The van der Waals surface area contributed by atoms with Crippen molar-refractivity contribution in [3.05, 3.63) is 47.3 Å². The molecule has 4 rings (SSSR count). The lowest BCUT2D eigenvalue weighted by atomic mass is 9.81. The van der Waals surface area contributed by atoms with Crippen molar-refractivity contribution in [1.82, 2.24) is 20.0 Å². The fraction of sp³-hybridized carbons (Fsp3) is 0.474. The molecule has 1 aromatic heterocycles. The van der Waals surface area contributed by atoms with E-state index in [0.717, 1.165) is 36.3 Å². The van der Waals surface area contributed by atoms with Gasteiger partial charge in [-0.15, -0.1) is 0 Å². The second-order valence-electron chi connectivity index (χ2n) is 7.10. The fourth-order valence-electron chi connectivity index (χ4n) is 4.19. The third-order valence-electron chi connectivity index (χ3n) is 5.47. The van der Waals surface area contributed by atoms with E-state index >= 15 is 0 Å². The normalized spacial score (nSPS) is 30.7.